The Balaban J connectivity index is 2.86. The van der Waals surface area contributed by atoms with Crippen molar-refractivity contribution in [1.82, 2.24) is 5.32 Å². The monoisotopic (exact) mass is 190 g/mol. The van der Waals surface area contributed by atoms with Gasteiger partial charge in [-0.2, -0.15) is 11.8 Å². The summed E-state index contributed by atoms with van der Waals surface area (Å²) in [7, 11) is 0. The topological polar surface area (TPSA) is 55.1 Å². The number of thioether (sulfide) groups is 1. The van der Waals surface area contributed by atoms with Crippen LogP contribution in [0.4, 0.5) is 0 Å². The standard InChI is InChI=1S/C8H18N2OS/c1-12-7-3-6-10-5-2-4-8(9)11/h10H,2-7H2,1H3,(H2,9,11). The molecule has 1 amide bonds. The Labute approximate surface area is 78.5 Å². The molecule has 0 atom stereocenters. The summed E-state index contributed by atoms with van der Waals surface area (Å²) in [6.07, 6.45) is 4.65. The molecule has 0 aromatic rings. The van der Waals surface area contributed by atoms with Gasteiger partial charge in [0.15, 0.2) is 0 Å². The molecule has 0 spiro atoms. The molecule has 0 saturated carbocycles. The van der Waals surface area contributed by atoms with E-state index in [0.717, 1.165) is 19.5 Å². The number of hydrogen-bond donors (Lipinski definition) is 2. The maximum Gasteiger partial charge on any atom is 0.217 e. The number of primary amides is 1. The van der Waals surface area contributed by atoms with Crippen LogP contribution in [0.2, 0.25) is 0 Å². The van der Waals surface area contributed by atoms with Gasteiger partial charge in [-0.25, -0.2) is 0 Å². The number of hydrogen-bond acceptors (Lipinski definition) is 3. The van der Waals surface area contributed by atoms with E-state index in [1.54, 1.807) is 0 Å². The van der Waals surface area contributed by atoms with E-state index in [1.807, 2.05) is 11.8 Å². The molecule has 0 aliphatic carbocycles. The lowest BCUT2D eigenvalue weighted by molar-refractivity contribution is -0.118. The minimum absolute atomic E-state index is 0.207. The predicted octanol–water partition coefficient (Wildman–Crippen LogP) is 0.595. The summed E-state index contributed by atoms with van der Waals surface area (Å²) in [6.45, 7) is 1.94. The van der Waals surface area contributed by atoms with Crippen LogP contribution in [0, 0.1) is 0 Å². The van der Waals surface area contributed by atoms with E-state index >= 15 is 0 Å². The number of carbonyl (C=O) groups excluding carboxylic acids is 1. The second-order valence-corrected chi connectivity index (χ2v) is 3.65. The zero-order chi connectivity index (χ0) is 9.23. The summed E-state index contributed by atoms with van der Waals surface area (Å²) in [5.41, 5.74) is 4.98. The van der Waals surface area contributed by atoms with Crippen molar-refractivity contribution in [2.24, 2.45) is 5.73 Å². The number of carbonyl (C=O) groups is 1. The molecule has 0 fully saturated rings. The fourth-order valence-electron chi connectivity index (χ4n) is 0.854. The molecule has 0 rings (SSSR count). The predicted molar refractivity (Wildman–Crippen MR) is 54.3 cm³/mol. The van der Waals surface area contributed by atoms with Crippen molar-refractivity contribution in [3.05, 3.63) is 0 Å². The Bertz CT molecular complexity index is 120. The highest BCUT2D eigenvalue weighted by Crippen LogP contribution is 1.93. The first kappa shape index (κ1) is 11.8. The molecule has 3 N–H and O–H groups in total. The van der Waals surface area contributed by atoms with Crippen molar-refractivity contribution in [3.63, 3.8) is 0 Å². The lowest BCUT2D eigenvalue weighted by atomic mass is 10.3. The molecule has 3 nitrogen and oxygen atoms in total. The van der Waals surface area contributed by atoms with Crippen molar-refractivity contribution < 1.29 is 4.79 Å². The van der Waals surface area contributed by atoms with Crippen LogP contribution in [0.25, 0.3) is 0 Å². The van der Waals surface area contributed by atoms with Crippen LogP contribution < -0.4 is 11.1 Å². The van der Waals surface area contributed by atoms with Crippen LogP contribution in [-0.2, 0) is 4.79 Å². The fourth-order valence-corrected chi connectivity index (χ4v) is 1.29. The smallest absolute Gasteiger partial charge is 0.217 e. The van der Waals surface area contributed by atoms with Gasteiger partial charge in [0, 0.05) is 6.42 Å². The third-order valence-corrected chi connectivity index (χ3v) is 2.18. The fraction of sp³-hybridized carbons (Fsp3) is 0.875. The van der Waals surface area contributed by atoms with Crippen molar-refractivity contribution in [2.45, 2.75) is 19.3 Å². The molecule has 0 radical (unpaired) electrons. The van der Waals surface area contributed by atoms with E-state index in [-0.39, 0.29) is 5.91 Å². The van der Waals surface area contributed by atoms with Crippen LogP contribution in [-0.4, -0.2) is 31.0 Å². The summed E-state index contributed by atoms with van der Waals surface area (Å²) in [5, 5.41) is 3.25. The number of nitrogens with one attached hydrogen (secondary N) is 1. The highest BCUT2D eigenvalue weighted by atomic mass is 32.2. The van der Waals surface area contributed by atoms with Crippen molar-refractivity contribution in [3.8, 4) is 0 Å². The summed E-state index contributed by atoms with van der Waals surface area (Å²) < 4.78 is 0. The minimum Gasteiger partial charge on any atom is -0.370 e. The molecule has 12 heavy (non-hydrogen) atoms. The Morgan fingerprint density at radius 3 is 2.67 bits per heavy atom. The Morgan fingerprint density at radius 1 is 1.42 bits per heavy atom. The summed E-state index contributed by atoms with van der Waals surface area (Å²) in [6, 6.07) is 0. The molecule has 4 heteroatoms. The third kappa shape index (κ3) is 9.78. The zero-order valence-electron chi connectivity index (χ0n) is 7.64. The van der Waals surface area contributed by atoms with Gasteiger partial charge in [0.25, 0.3) is 0 Å². The van der Waals surface area contributed by atoms with E-state index in [9.17, 15) is 4.79 Å². The van der Waals surface area contributed by atoms with E-state index in [1.165, 1.54) is 12.2 Å². The van der Waals surface area contributed by atoms with E-state index in [4.69, 9.17) is 5.73 Å². The van der Waals surface area contributed by atoms with Crippen LogP contribution in [0.3, 0.4) is 0 Å². The van der Waals surface area contributed by atoms with Crippen molar-refractivity contribution in [1.29, 1.82) is 0 Å². The lowest BCUT2D eigenvalue weighted by Crippen LogP contribution is -2.19. The van der Waals surface area contributed by atoms with Crippen LogP contribution in [0.1, 0.15) is 19.3 Å². The quantitative estimate of drug-likeness (QED) is 0.551. The highest BCUT2D eigenvalue weighted by molar-refractivity contribution is 7.98. The van der Waals surface area contributed by atoms with E-state index < -0.39 is 0 Å². The molecule has 0 aromatic heterocycles. The van der Waals surface area contributed by atoms with Gasteiger partial charge in [0.1, 0.15) is 0 Å². The first-order chi connectivity index (χ1) is 5.77. The summed E-state index contributed by atoms with van der Waals surface area (Å²) in [5.74, 6) is 0.990. The van der Waals surface area contributed by atoms with Gasteiger partial charge in [-0.05, 0) is 37.9 Å². The van der Waals surface area contributed by atoms with Gasteiger partial charge in [-0.1, -0.05) is 0 Å². The van der Waals surface area contributed by atoms with Crippen LogP contribution >= 0.6 is 11.8 Å². The molecule has 0 aliphatic heterocycles. The number of rotatable bonds is 8. The van der Waals surface area contributed by atoms with Crippen molar-refractivity contribution in [2.75, 3.05) is 25.1 Å². The van der Waals surface area contributed by atoms with Gasteiger partial charge < -0.3 is 11.1 Å². The molecule has 0 bridgehead atoms. The molecule has 0 aliphatic rings. The largest absolute Gasteiger partial charge is 0.370 e. The van der Waals surface area contributed by atoms with Gasteiger partial charge in [-0.15, -0.1) is 0 Å². The van der Waals surface area contributed by atoms with Gasteiger partial charge >= 0.3 is 0 Å². The molecular formula is C8H18N2OS. The Kier molecular flexibility index (Phi) is 8.71. The SMILES string of the molecule is CSCCCNCCCC(N)=O. The van der Waals surface area contributed by atoms with E-state index in [2.05, 4.69) is 11.6 Å². The average molecular weight is 190 g/mol. The van der Waals surface area contributed by atoms with Gasteiger partial charge in [0.2, 0.25) is 5.91 Å². The molecule has 0 saturated heterocycles. The first-order valence-corrected chi connectivity index (χ1v) is 5.64. The molecule has 0 heterocycles. The summed E-state index contributed by atoms with van der Waals surface area (Å²) in [4.78, 5) is 10.3. The Morgan fingerprint density at radius 2 is 2.08 bits per heavy atom. The molecule has 0 aromatic carbocycles. The molecule has 72 valence electrons. The maximum atomic E-state index is 10.3. The second-order valence-electron chi connectivity index (χ2n) is 2.67. The third-order valence-electron chi connectivity index (χ3n) is 1.48. The molecule has 0 unspecified atom stereocenters. The zero-order valence-corrected chi connectivity index (χ0v) is 8.45. The normalized spacial score (nSPS) is 10.1. The maximum absolute atomic E-state index is 10.3. The second kappa shape index (κ2) is 8.87. The number of nitrogens with two attached hydrogens (primary N) is 1. The Hall–Kier alpha value is -0.220. The minimum atomic E-state index is -0.207. The van der Waals surface area contributed by atoms with Gasteiger partial charge in [-0.3, -0.25) is 4.79 Å². The van der Waals surface area contributed by atoms with Gasteiger partial charge in [0.05, 0.1) is 0 Å². The van der Waals surface area contributed by atoms with Crippen LogP contribution in [0.15, 0.2) is 0 Å². The highest BCUT2D eigenvalue weighted by Gasteiger charge is 1.92. The summed E-state index contributed by atoms with van der Waals surface area (Å²) >= 11 is 1.86. The van der Waals surface area contributed by atoms with Crippen LogP contribution in [0.5, 0.6) is 0 Å². The number of amides is 1. The lowest BCUT2D eigenvalue weighted by Gasteiger charge is -2.01. The average Bonchev–Trinajstić information content (AvgIpc) is 2.02. The van der Waals surface area contributed by atoms with Crippen molar-refractivity contribution >= 4 is 17.7 Å². The first-order valence-electron chi connectivity index (χ1n) is 4.25. The van der Waals surface area contributed by atoms with E-state index in [0.29, 0.717) is 6.42 Å². The molecular weight excluding hydrogens is 172 g/mol.